The molecule has 2 unspecified atom stereocenters. The van der Waals surface area contributed by atoms with Gasteiger partial charge in [0.15, 0.2) is 0 Å². The Morgan fingerprint density at radius 1 is 1.09 bits per heavy atom. The standard InChI is InChI=1S/C18H21FN2O.ClH/c1-11-4-7-14(8-5-11)17(20)18(22)21-13(3)15-9-6-12(2)16(19)10-15;/h4-10,13,17H,20H2,1-3H3,(H,21,22);1H. The monoisotopic (exact) mass is 336 g/mol. The molecule has 0 spiro atoms. The van der Waals surface area contributed by atoms with Crippen LogP contribution in [0, 0.1) is 19.7 Å². The minimum atomic E-state index is -0.738. The molecule has 0 bridgehead atoms. The molecule has 0 aromatic heterocycles. The maximum atomic E-state index is 13.6. The maximum absolute atomic E-state index is 13.6. The van der Waals surface area contributed by atoms with Crippen LogP contribution in [0.5, 0.6) is 0 Å². The number of rotatable bonds is 4. The summed E-state index contributed by atoms with van der Waals surface area (Å²) in [5.41, 5.74) is 9.15. The van der Waals surface area contributed by atoms with E-state index in [4.69, 9.17) is 5.73 Å². The molecule has 3 N–H and O–H groups in total. The van der Waals surface area contributed by atoms with Crippen LogP contribution >= 0.6 is 12.4 Å². The first-order chi connectivity index (χ1) is 10.4. The van der Waals surface area contributed by atoms with E-state index in [1.807, 2.05) is 38.1 Å². The Balaban J connectivity index is 0.00000264. The summed E-state index contributed by atoms with van der Waals surface area (Å²) in [4.78, 5) is 12.2. The predicted octanol–water partition coefficient (Wildman–Crippen LogP) is 3.74. The third-order valence-corrected chi connectivity index (χ3v) is 3.77. The van der Waals surface area contributed by atoms with Crippen molar-refractivity contribution in [2.45, 2.75) is 32.9 Å². The highest BCUT2D eigenvalue weighted by Crippen LogP contribution is 2.18. The van der Waals surface area contributed by atoms with E-state index in [0.29, 0.717) is 11.1 Å². The Kier molecular flexibility index (Phi) is 6.73. The third-order valence-electron chi connectivity index (χ3n) is 3.77. The van der Waals surface area contributed by atoms with E-state index in [1.54, 1.807) is 19.1 Å². The average molecular weight is 337 g/mol. The van der Waals surface area contributed by atoms with Crippen LogP contribution in [0.2, 0.25) is 0 Å². The lowest BCUT2D eigenvalue weighted by atomic mass is 10.0. The molecule has 5 heteroatoms. The summed E-state index contributed by atoms with van der Waals surface area (Å²) >= 11 is 0. The summed E-state index contributed by atoms with van der Waals surface area (Å²) in [6.07, 6.45) is 0. The molecular weight excluding hydrogens is 315 g/mol. The molecule has 0 fully saturated rings. The summed E-state index contributed by atoms with van der Waals surface area (Å²) in [6.45, 7) is 5.49. The van der Waals surface area contributed by atoms with Crippen molar-refractivity contribution in [2.24, 2.45) is 5.73 Å². The van der Waals surface area contributed by atoms with Crippen LogP contribution in [0.15, 0.2) is 42.5 Å². The molecular formula is C18H22ClFN2O. The zero-order valence-electron chi connectivity index (χ0n) is 13.5. The Hall–Kier alpha value is -1.91. The molecule has 2 aromatic rings. The van der Waals surface area contributed by atoms with Gasteiger partial charge in [0.1, 0.15) is 11.9 Å². The molecule has 1 amide bonds. The number of nitrogens with two attached hydrogens (primary N) is 1. The molecule has 0 saturated heterocycles. The van der Waals surface area contributed by atoms with Gasteiger partial charge in [0.25, 0.3) is 0 Å². The second kappa shape index (κ2) is 8.09. The molecule has 0 saturated carbocycles. The summed E-state index contributed by atoms with van der Waals surface area (Å²) < 4.78 is 13.6. The fraction of sp³-hybridized carbons (Fsp3) is 0.278. The molecule has 23 heavy (non-hydrogen) atoms. The molecule has 124 valence electrons. The fourth-order valence-corrected chi connectivity index (χ4v) is 2.19. The topological polar surface area (TPSA) is 55.1 Å². The Labute approximate surface area is 142 Å². The number of benzene rings is 2. The van der Waals surface area contributed by atoms with Crippen molar-refractivity contribution in [1.82, 2.24) is 5.32 Å². The van der Waals surface area contributed by atoms with Gasteiger partial charge in [-0.3, -0.25) is 4.79 Å². The van der Waals surface area contributed by atoms with Crippen LogP contribution in [-0.4, -0.2) is 5.91 Å². The lowest BCUT2D eigenvalue weighted by Crippen LogP contribution is -2.35. The Bertz CT molecular complexity index is 673. The average Bonchev–Trinajstić information content (AvgIpc) is 2.50. The predicted molar refractivity (Wildman–Crippen MR) is 93.1 cm³/mol. The lowest BCUT2D eigenvalue weighted by Gasteiger charge is -2.18. The van der Waals surface area contributed by atoms with Gasteiger partial charge >= 0.3 is 0 Å². The molecule has 3 nitrogen and oxygen atoms in total. The highest BCUT2D eigenvalue weighted by molar-refractivity contribution is 5.85. The molecule has 2 atom stereocenters. The molecule has 2 aromatic carbocycles. The van der Waals surface area contributed by atoms with Gasteiger partial charge in [-0.1, -0.05) is 42.0 Å². The molecule has 0 radical (unpaired) electrons. The summed E-state index contributed by atoms with van der Waals surface area (Å²) in [6, 6.07) is 11.4. The van der Waals surface area contributed by atoms with Crippen LogP contribution < -0.4 is 11.1 Å². The number of halogens is 2. The quantitative estimate of drug-likeness (QED) is 0.893. The van der Waals surface area contributed by atoms with Crippen molar-refractivity contribution in [1.29, 1.82) is 0 Å². The Morgan fingerprint density at radius 2 is 1.65 bits per heavy atom. The van der Waals surface area contributed by atoms with Gasteiger partial charge in [-0.25, -0.2) is 4.39 Å². The second-order valence-corrected chi connectivity index (χ2v) is 5.63. The van der Waals surface area contributed by atoms with E-state index in [9.17, 15) is 9.18 Å². The van der Waals surface area contributed by atoms with Crippen molar-refractivity contribution in [3.05, 3.63) is 70.5 Å². The van der Waals surface area contributed by atoms with Crippen molar-refractivity contribution in [2.75, 3.05) is 0 Å². The van der Waals surface area contributed by atoms with E-state index in [0.717, 1.165) is 11.1 Å². The zero-order valence-corrected chi connectivity index (χ0v) is 14.3. The number of amides is 1. The first-order valence-electron chi connectivity index (χ1n) is 7.27. The lowest BCUT2D eigenvalue weighted by molar-refractivity contribution is -0.123. The van der Waals surface area contributed by atoms with Gasteiger partial charge in [-0.05, 0) is 43.5 Å². The van der Waals surface area contributed by atoms with Crippen molar-refractivity contribution >= 4 is 18.3 Å². The minimum absolute atomic E-state index is 0. The van der Waals surface area contributed by atoms with Gasteiger partial charge in [-0.15, -0.1) is 12.4 Å². The van der Waals surface area contributed by atoms with Crippen molar-refractivity contribution < 1.29 is 9.18 Å². The van der Waals surface area contributed by atoms with Crippen molar-refractivity contribution in [3.8, 4) is 0 Å². The van der Waals surface area contributed by atoms with Crippen molar-refractivity contribution in [3.63, 3.8) is 0 Å². The number of hydrogen-bond donors (Lipinski definition) is 2. The van der Waals surface area contributed by atoms with E-state index >= 15 is 0 Å². The van der Waals surface area contributed by atoms with Crippen LogP contribution in [0.4, 0.5) is 4.39 Å². The fourth-order valence-electron chi connectivity index (χ4n) is 2.19. The van der Waals surface area contributed by atoms with Crippen LogP contribution in [0.25, 0.3) is 0 Å². The molecule has 0 heterocycles. The van der Waals surface area contributed by atoms with Gasteiger partial charge in [-0.2, -0.15) is 0 Å². The van der Waals surface area contributed by atoms with E-state index < -0.39 is 6.04 Å². The smallest absolute Gasteiger partial charge is 0.241 e. The molecule has 0 aliphatic rings. The van der Waals surface area contributed by atoms with Crippen LogP contribution in [0.3, 0.4) is 0 Å². The Morgan fingerprint density at radius 3 is 2.22 bits per heavy atom. The van der Waals surface area contributed by atoms with Crippen LogP contribution in [0.1, 0.15) is 41.3 Å². The number of aryl methyl sites for hydroxylation is 2. The molecule has 0 aliphatic carbocycles. The summed E-state index contributed by atoms with van der Waals surface area (Å²) in [7, 11) is 0. The molecule has 0 aliphatic heterocycles. The second-order valence-electron chi connectivity index (χ2n) is 5.63. The van der Waals surface area contributed by atoms with E-state index in [1.165, 1.54) is 6.07 Å². The third kappa shape index (κ3) is 4.78. The maximum Gasteiger partial charge on any atom is 0.241 e. The number of carbonyl (C=O) groups excluding carboxylic acids is 1. The minimum Gasteiger partial charge on any atom is -0.348 e. The van der Waals surface area contributed by atoms with Gasteiger partial charge in [0.2, 0.25) is 5.91 Å². The first-order valence-corrected chi connectivity index (χ1v) is 7.27. The highest BCUT2D eigenvalue weighted by Gasteiger charge is 2.18. The summed E-state index contributed by atoms with van der Waals surface area (Å²) in [5.74, 6) is -0.557. The number of carbonyl (C=O) groups is 1. The van der Waals surface area contributed by atoms with E-state index in [-0.39, 0.29) is 30.2 Å². The molecule has 2 rings (SSSR count). The largest absolute Gasteiger partial charge is 0.348 e. The number of nitrogens with one attached hydrogen (secondary N) is 1. The van der Waals surface area contributed by atoms with E-state index in [2.05, 4.69) is 5.32 Å². The van der Waals surface area contributed by atoms with Crippen LogP contribution in [-0.2, 0) is 4.79 Å². The highest BCUT2D eigenvalue weighted by atomic mass is 35.5. The SMILES string of the molecule is Cc1ccc(C(N)C(=O)NC(C)c2ccc(C)c(F)c2)cc1.Cl. The van der Waals surface area contributed by atoms with Gasteiger partial charge < -0.3 is 11.1 Å². The van der Waals surface area contributed by atoms with Gasteiger partial charge in [0.05, 0.1) is 6.04 Å². The van der Waals surface area contributed by atoms with Gasteiger partial charge in [0, 0.05) is 0 Å². The normalized spacial score (nSPS) is 12.9. The first kappa shape index (κ1) is 19.1. The summed E-state index contributed by atoms with van der Waals surface area (Å²) in [5, 5.41) is 2.83. The number of hydrogen-bond acceptors (Lipinski definition) is 2. The zero-order chi connectivity index (χ0) is 16.3.